The van der Waals surface area contributed by atoms with Gasteiger partial charge in [0.25, 0.3) is 5.91 Å². The van der Waals surface area contributed by atoms with Gasteiger partial charge >= 0.3 is 0 Å². The van der Waals surface area contributed by atoms with Gasteiger partial charge in [-0.1, -0.05) is 12.1 Å². The molecule has 0 radical (unpaired) electrons. The molecule has 5 heteroatoms. The molecular formula is C16H16N4O. The SMILES string of the molecule is C=Nc1cc(C2=CC3NC=CC3N=C2)ccc1C(=O)NC. The zero-order chi connectivity index (χ0) is 14.8. The zero-order valence-corrected chi connectivity index (χ0v) is 11.7. The first-order valence-electron chi connectivity index (χ1n) is 6.74. The summed E-state index contributed by atoms with van der Waals surface area (Å²) in [4.78, 5) is 20.2. The average molecular weight is 280 g/mol. The van der Waals surface area contributed by atoms with Crippen molar-refractivity contribution in [3.8, 4) is 0 Å². The molecule has 1 amide bonds. The molecule has 3 rings (SSSR count). The van der Waals surface area contributed by atoms with Crippen LogP contribution in [0.4, 0.5) is 5.69 Å². The van der Waals surface area contributed by atoms with E-state index in [4.69, 9.17) is 0 Å². The first-order valence-corrected chi connectivity index (χ1v) is 6.74. The summed E-state index contributed by atoms with van der Waals surface area (Å²) in [7, 11) is 1.60. The Bertz CT molecular complexity index is 688. The predicted molar refractivity (Wildman–Crippen MR) is 85.4 cm³/mol. The van der Waals surface area contributed by atoms with Crippen LogP contribution in [0.3, 0.4) is 0 Å². The van der Waals surface area contributed by atoms with Crippen molar-refractivity contribution in [1.82, 2.24) is 10.6 Å². The molecule has 1 aromatic carbocycles. The fourth-order valence-corrected chi connectivity index (χ4v) is 2.51. The maximum Gasteiger partial charge on any atom is 0.253 e. The minimum absolute atomic E-state index is 0.169. The summed E-state index contributed by atoms with van der Waals surface area (Å²) in [6.07, 6.45) is 7.97. The third-order valence-electron chi connectivity index (χ3n) is 3.67. The van der Waals surface area contributed by atoms with Crippen LogP contribution in [0.25, 0.3) is 5.57 Å². The van der Waals surface area contributed by atoms with Gasteiger partial charge in [0.1, 0.15) is 0 Å². The molecule has 0 spiro atoms. The van der Waals surface area contributed by atoms with Crippen LogP contribution >= 0.6 is 0 Å². The smallest absolute Gasteiger partial charge is 0.253 e. The second-order valence-electron chi connectivity index (χ2n) is 4.91. The normalized spacial score (nSPS) is 22.2. The van der Waals surface area contributed by atoms with E-state index in [1.54, 1.807) is 13.1 Å². The van der Waals surface area contributed by atoms with Crippen LogP contribution in [0.5, 0.6) is 0 Å². The molecule has 1 aromatic rings. The van der Waals surface area contributed by atoms with Crippen LogP contribution in [-0.4, -0.2) is 38.0 Å². The van der Waals surface area contributed by atoms with Crippen molar-refractivity contribution in [2.75, 3.05) is 7.05 Å². The van der Waals surface area contributed by atoms with Crippen molar-refractivity contribution in [2.45, 2.75) is 12.1 Å². The lowest BCUT2D eigenvalue weighted by atomic mass is 9.97. The number of benzene rings is 1. The first-order chi connectivity index (χ1) is 10.2. The van der Waals surface area contributed by atoms with E-state index in [1.165, 1.54) is 0 Å². The fourth-order valence-electron chi connectivity index (χ4n) is 2.51. The van der Waals surface area contributed by atoms with Crippen molar-refractivity contribution >= 4 is 30.1 Å². The number of nitrogens with one attached hydrogen (secondary N) is 2. The number of nitrogens with zero attached hydrogens (tertiary/aromatic N) is 2. The van der Waals surface area contributed by atoms with Crippen LogP contribution in [0.15, 0.2) is 46.5 Å². The van der Waals surface area contributed by atoms with Crippen LogP contribution in [0.2, 0.25) is 0 Å². The Morgan fingerprint density at radius 3 is 3.10 bits per heavy atom. The summed E-state index contributed by atoms with van der Waals surface area (Å²) >= 11 is 0. The quantitative estimate of drug-likeness (QED) is 0.828. The number of carbonyl (C=O) groups is 1. The van der Waals surface area contributed by atoms with Gasteiger partial charge in [0, 0.05) is 13.3 Å². The summed E-state index contributed by atoms with van der Waals surface area (Å²) in [6, 6.07) is 5.90. The van der Waals surface area contributed by atoms with E-state index < -0.39 is 0 Å². The molecule has 2 N–H and O–H groups in total. The Morgan fingerprint density at radius 2 is 2.33 bits per heavy atom. The lowest BCUT2D eigenvalue weighted by Crippen LogP contribution is -2.29. The summed E-state index contributed by atoms with van der Waals surface area (Å²) in [5.74, 6) is -0.169. The van der Waals surface area contributed by atoms with Gasteiger partial charge in [-0.2, -0.15) is 0 Å². The molecule has 2 aliphatic heterocycles. The molecule has 2 atom stereocenters. The van der Waals surface area contributed by atoms with Gasteiger partial charge in [-0.3, -0.25) is 14.8 Å². The molecule has 21 heavy (non-hydrogen) atoms. The van der Waals surface area contributed by atoms with Gasteiger partial charge < -0.3 is 10.6 Å². The van der Waals surface area contributed by atoms with Crippen LogP contribution in [0.1, 0.15) is 15.9 Å². The Hall–Kier alpha value is -2.69. The Balaban J connectivity index is 1.95. The number of hydrogen-bond donors (Lipinski definition) is 2. The number of hydrogen-bond acceptors (Lipinski definition) is 4. The molecule has 0 aliphatic carbocycles. The van der Waals surface area contributed by atoms with Crippen molar-refractivity contribution in [2.24, 2.45) is 9.98 Å². The monoisotopic (exact) mass is 280 g/mol. The van der Waals surface area contributed by atoms with Crippen molar-refractivity contribution < 1.29 is 4.79 Å². The van der Waals surface area contributed by atoms with E-state index in [-0.39, 0.29) is 18.0 Å². The van der Waals surface area contributed by atoms with E-state index in [0.29, 0.717) is 11.3 Å². The molecular weight excluding hydrogens is 264 g/mol. The summed E-state index contributed by atoms with van der Waals surface area (Å²) in [6.45, 7) is 3.54. The standard InChI is InChI=1S/C16H16N4O/c1-17-14-7-10(3-4-12(14)16(21)18-2)11-8-15-13(20-9-11)5-6-19-15/h3-9,13,15,19H,1H2,2H3,(H,18,21). The Labute approximate surface area is 123 Å². The number of fused-ring (bicyclic) bond motifs is 1. The summed E-state index contributed by atoms with van der Waals surface area (Å²) in [5.41, 5.74) is 3.07. The molecule has 0 bridgehead atoms. The van der Waals surface area contributed by atoms with Crippen molar-refractivity contribution in [1.29, 1.82) is 0 Å². The number of carbonyl (C=O) groups excluding carboxylic acids is 1. The van der Waals surface area contributed by atoms with Gasteiger partial charge in [-0.05, 0) is 42.3 Å². The molecule has 0 fully saturated rings. The largest absolute Gasteiger partial charge is 0.382 e. The molecule has 106 valence electrons. The van der Waals surface area contributed by atoms with E-state index in [9.17, 15) is 4.79 Å². The second-order valence-corrected chi connectivity index (χ2v) is 4.91. The van der Waals surface area contributed by atoms with Gasteiger partial charge in [0.2, 0.25) is 0 Å². The lowest BCUT2D eigenvalue weighted by Gasteiger charge is -2.19. The average Bonchev–Trinajstić information content (AvgIpc) is 3.01. The van der Waals surface area contributed by atoms with Crippen LogP contribution in [0, 0.1) is 0 Å². The third-order valence-corrected chi connectivity index (χ3v) is 3.67. The van der Waals surface area contributed by atoms with Crippen LogP contribution in [-0.2, 0) is 0 Å². The summed E-state index contributed by atoms with van der Waals surface area (Å²) in [5, 5.41) is 5.85. The topological polar surface area (TPSA) is 65.8 Å². The van der Waals surface area contributed by atoms with E-state index >= 15 is 0 Å². The van der Waals surface area contributed by atoms with Gasteiger partial charge in [-0.25, -0.2) is 0 Å². The minimum Gasteiger partial charge on any atom is -0.382 e. The molecule has 0 aromatic heterocycles. The Kier molecular flexibility index (Phi) is 3.39. The Morgan fingerprint density at radius 1 is 1.48 bits per heavy atom. The maximum atomic E-state index is 11.8. The molecule has 5 nitrogen and oxygen atoms in total. The van der Waals surface area contributed by atoms with Gasteiger partial charge in [0.15, 0.2) is 0 Å². The molecule has 2 heterocycles. The number of aliphatic imine (C=N–C) groups is 2. The highest BCUT2D eigenvalue weighted by molar-refractivity contribution is 6.11. The second kappa shape index (κ2) is 5.36. The zero-order valence-electron chi connectivity index (χ0n) is 11.7. The molecule has 0 saturated carbocycles. The predicted octanol–water partition coefficient (Wildman–Crippen LogP) is 1.70. The van der Waals surface area contributed by atoms with E-state index in [0.717, 1.165) is 11.1 Å². The lowest BCUT2D eigenvalue weighted by molar-refractivity contribution is 0.0964. The minimum atomic E-state index is -0.169. The fraction of sp³-hybridized carbons (Fsp3) is 0.188. The van der Waals surface area contributed by atoms with Gasteiger partial charge in [-0.15, -0.1) is 0 Å². The highest BCUT2D eigenvalue weighted by atomic mass is 16.1. The highest BCUT2D eigenvalue weighted by Gasteiger charge is 2.23. The number of dihydropyridines is 1. The van der Waals surface area contributed by atoms with Crippen molar-refractivity contribution in [3.63, 3.8) is 0 Å². The van der Waals surface area contributed by atoms with Crippen molar-refractivity contribution in [3.05, 3.63) is 47.7 Å². The van der Waals surface area contributed by atoms with E-state index in [2.05, 4.69) is 33.4 Å². The summed E-state index contributed by atoms with van der Waals surface area (Å²) < 4.78 is 0. The first kappa shape index (κ1) is 13.3. The third kappa shape index (κ3) is 2.38. The van der Waals surface area contributed by atoms with Crippen LogP contribution < -0.4 is 10.6 Å². The highest BCUT2D eigenvalue weighted by Crippen LogP contribution is 2.27. The number of amides is 1. The molecule has 0 saturated heterocycles. The van der Waals surface area contributed by atoms with Gasteiger partial charge in [0.05, 0.1) is 23.3 Å². The molecule has 2 unspecified atom stereocenters. The number of allylic oxidation sites excluding steroid dienone is 1. The maximum absolute atomic E-state index is 11.8. The number of rotatable bonds is 3. The van der Waals surface area contributed by atoms with E-state index in [1.807, 2.05) is 30.6 Å². The molecule has 2 aliphatic rings.